The average Bonchev–Trinajstić information content (AvgIpc) is 2.75. The van der Waals surface area contributed by atoms with Gasteiger partial charge in [0.2, 0.25) is 5.76 Å². The largest absolute Gasteiger partial charge is 0.416 e. The Bertz CT molecular complexity index is 607. The molecule has 0 aromatic carbocycles. The van der Waals surface area contributed by atoms with Crippen molar-refractivity contribution in [2.45, 2.75) is 13.1 Å². The second kappa shape index (κ2) is 4.71. The molecule has 0 saturated carbocycles. The van der Waals surface area contributed by atoms with Crippen molar-refractivity contribution < 1.29 is 22.5 Å². The number of halogens is 3. The molecule has 0 bridgehead atoms. The molecular formula is C11H8F3N3O2. The van der Waals surface area contributed by atoms with E-state index >= 15 is 0 Å². The summed E-state index contributed by atoms with van der Waals surface area (Å²) in [4.78, 5) is 15.3. The highest BCUT2D eigenvalue weighted by atomic mass is 19.4. The van der Waals surface area contributed by atoms with Gasteiger partial charge in [-0.2, -0.15) is 13.2 Å². The van der Waals surface area contributed by atoms with Crippen molar-refractivity contribution in [3.05, 3.63) is 41.4 Å². The highest BCUT2D eigenvalue weighted by Gasteiger charge is 2.30. The number of pyridine rings is 1. The van der Waals surface area contributed by atoms with Gasteiger partial charge in [0.25, 0.3) is 5.91 Å². The van der Waals surface area contributed by atoms with Gasteiger partial charge in [-0.05, 0) is 19.1 Å². The first-order chi connectivity index (χ1) is 8.86. The van der Waals surface area contributed by atoms with E-state index in [0.29, 0.717) is 5.69 Å². The number of carbonyl (C=O) groups is 1. The van der Waals surface area contributed by atoms with Crippen molar-refractivity contribution in [3.8, 4) is 0 Å². The number of aryl methyl sites for hydroxylation is 1. The van der Waals surface area contributed by atoms with Crippen molar-refractivity contribution in [1.82, 2.24) is 10.1 Å². The normalized spacial score (nSPS) is 11.4. The van der Waals surface area contributed by atoms with Crippen molar-refractivity contribution in [1.29, 1.82) is 0 Å². The molecule has 0 atom stereocenters. The van der Waals surface area contributed by atoms with E-state index in [0.717, 1.165) is 18.3 Å². The molecule has 0 unspecified atom stereocenters. The highest BCUT2D eigenvalue weighted by molar-refractivity contribution is 6.01. The second-order valence-corrected chi connectivity index (χ2v) is 3.71. The van der Waals surface area contributed by atoms with Crippen LogP contribution in [-0.2, 0) is 6.18 Å². The maximum absolute atomic E-state index is 12.5. The number of hydrogen-bond acceptors (Lipinski definition) is 4. The van der Waals surface area contributed by atoms with Crippen molar-refractivity contribution in [2.75, 3.05) is 5.32 Å². The molecule has 2 heterocycles. The van der Waals surface area contributed by atoms with Gasteiger partial charge in [-0.25, -0.2) is 4.98 Å². The number of anilines is 1. The third-order valence-electron chi connectivity index (χ3n) is 2.18. The smallest absolute Gasteiger partial charge is 0.351 e. The van der Waals surface area contributed by atoms with Gasteiger partial charge in [-0.3, -0.25) is 4.79 Å². The molecule has 0 saturated heterocycles. The Hall–Kier alpha value is -2.38. The Kier molecular flexibility index (Phi) is 3.24. The molecule has 0 aliphatic carbocycles. The van der Waals surface area contributed by atoms with Gasteiger partial charge >= 0.3 is 6.18 Å². The Balaban J connectivity index is 2.18. The minimum absolute atomic E-state index is 0.100. The van der Waals surface area contributed by atoms with Crippen LogP contribution in [0.15, 0.2) is 28.9 Å². The van der Waals surface area contributed by atoms with Crippen LogP contribution >= 0.6 is 0 Å². The Morgan fingerprint density at radius 2 is 2.11 bits per heavy atom. The summed E-state index contributed by atoms with van der Waals surface area (Å²) in [6.45, 7) is 1.61. The van der Waals surface area contributed by atoms with Gasteiger partial charge in [0, 0.05) is 12.3 Å². The summed E-state index contributed by atoms with van der Waals surface area (Å²) in [7, 11) is 0. The molecule has 0 aliphatic heterocycles. The lowest BCUT2D eigenvalue weighted by Gasteiger charge is -2.08. The maximum Gasteiger partial charge on any atom is 0.416 e. The first-order valence-corrected chi connectivity index (χ1v) is 5.14. The van der Waals surface area contributed by atoms with Crippen LogP contribution in [0.5, 0.6) is 0 Å². The summed E-state index contributed by atoms with van der Waals surface area (Å²) in [5.41, 5.74) is -0.409. The monoisotopic (exact) mass is 271 g/mol. The zero-order chi connectivity index (χ0) is 14.0. The summed E-state index contributed by atoms with van der Waals surface area (Å²) < 4.78 is 42.1. The molecule has 19 heavy (non-hydrogen) atoms. The summed E-state index contributed by atoms with van der Waals surface area (Å²) in [6, 6.07) is 2.92. The molecule has 2 aromatic heterocycles. The number of nitrogens with one attached hydrogen (secondary N) is 1. The fraction of sp³-hybridized carbons (Fsp3) is 0.182. The molecule has 0 radical (unpaired) electrons. The van der Waals surface area contributed by atoms with Gasteiger partial charge in [0.05, 0.1) is 11.3 Å². The van der Waals surface area contributed by atoms with Gasteiger partial charge in [-0.1, -0.05) is 5.16 Å². The van der Waals surface area contributed by atoms with E-state index in [9.17, 15) is 18.0 Å². The molecule has 0 fully saturated rings. The topological polar surface area (TPSA) is 68.0 Å². The van der Waals surface area contributed by atoms with Gasteiger partial charge in [0.15, 0.2) is 0 Å². The maximum atomic E-state index is 12.5. The molecule has 8 heteroatoms. The minimum atomic E-state index is -4.49. The van der Waals surface area contributed by atoms with Crippen LogP contribution in [0.25, 0.3) is 0 Å². The lowest BCUT2D eigenvalue weighted by molar-refractivity contribution is -0.137. The van der Waals surface area contributed by atoms with E-state index in [-0.39, 0.29) is 11.6 Å². The number of alkyl halides is 3. The third kappa shape index (κ3) is 3.09. The van der Waals surface area contributed by atoms with E-state index in [1.54, 1.807) is 6.92 Å². The molecule has 2 rings (SSSR count). The van der Waals surface area contributed by atoms with Crippen LogP contribution in [0.4, 0.5) is 19.0 Å². The third-order valence-corrected chi connectivity index (χ3v) is 2.18. The van der Waals surface area contributed by atoms with Crippen LogP contribution < -0.4 is 5.32 Å². The second-order valence-electron chi connectivity index (χ2n) is 3.71. The number of hydrogen-bond donors (Lipinski definition) is 1. The average molecular weight is 271 g/mol. The number of nitrogens with zero attached hydrogens (tertiary/aromatic N) is 2. The fourth-order valence-electron chi connectivity index (χ4n) is 1.32. The number of rotatable bonds is 2. The van der Waals surface area contributed by atoms with Crippen LogP contribution in [0.3, 0.4) is 0 Å². The highest BCUT2D eigenvalue weighted by Crippen LogP contribution is 2.29. The van der Waals surface area contributed by atoms with Gasteiger partial charge in [0.1, 0.15) is 5.82 Å². The predicted molar refractivity (Wildman–Crippen MR) is 58.4 cm³/mol. The van der Waals surface area contributed by atoms with Gasteiger partial charge < -0.3 is 9.84 Å². The Labute approximate surface area is 105 Å². The number of carbonyl (C=O) groups excluding carboxylic acids is 1. The van der Waals surface area contributed by atoms with Gasteiger partial charge in [-0.15, -0.1) is 0 Å². The minimum Gasteiger partial charge on any atom is -0.351 e. The summed E-state index contributed by atoms with van der Waals surface area (Å²) in [6.07, 6.45) is -3.53. The molecule has 5 nitrogen and oxygen atoms in total. The predicted octanol–water partition coefficient (Wildman–Crippen LogP) is 2.65. The molecule has 100 valence electrons. The van der Waals surface area contributed by atoms with E-state index < -0.39 is 17.6 Å². The molecule has 1 amide bonds. The Morgan fingerprint density at radius 3 is 2.68 bits per heavy atom. The standard InChI is InChI=1S/C11H8F3N3O2/c1-6-4-8(19-17-6)10(18)16-9-5-7(2-3-15-9)11(12,13)14/h2-5H,1H3,(H,15,16,18). The van der Waals surface area contributed by atoms with E-state index in [2.05, 4.69) is 20.0 Å². The SMILES string of the molecule is Cc1cc(C(=O)Nc2cc(C(F)(F)F)ccn2)on1. The van der Waals surface area contributed by atoms with Crippen LogP contribution in [0.2, 0.25) is 0 Å². The summed E-state index contributed by atoms with van der Waals surface area (Å²) in [5.74, 6) is -1.03. The van der Waals surface area contributed by atoms with Crippen LogP contribution in [-0.4, -0.2) is 16.0 Å². The zero-order valence-corrected chi connectivity index (χ0v) is 9.65. The lowest BCUT2D eigenvalue weighted by atomic mass is 10.2. The van der Waals surface area contributed by atoms with Crippen molar-refractivity contribution >= 4 is 11.7 Å². The van der Waals surface area contributed by atoms with Crippen molar-refractivity contribution in [2.24, 2.45) is 0 Å². The number of amides is 1. The molecule has 0 spiro atoms. The quantitative estimate of drug-likeness (QED) is 0.911. The Morgan fingerprint density at radius 1 is 1.37 bits per heavy atom. The lowest BCUT2D eigenvalue weighted by Crippen LogP contribution is -2.13. The van der Waals surface area contributed by atoms with E-state index in [4.69, 9.17) is 0 Å². The van der Waals surface area contributed by atoms with Crippen LogP contribution in [0.1, 0.15) is 21.8 Å². The molecule has 2 aromatic rings. The fourth-order valence-corrected chi connectivity index (χ4v) is 1.32. The molecule has 0 aliphatic rings. The van der Waals surface area contributed by atoms with E-state index in [1.807, 2.05) is 0 Å². The first-order valence-electron chi connectivity index (χ1n) is 5.14. The summed E-state index contributed by atoms with van der Waals surface area (Å²) >= 11 is 0. The van der Waals surface area contributed by atoms with Crippen LogP contribution in [0, 0.1) is 6.92 Å². The summed E-state index contributed by atoms with van der Waals surface area (Å²) in [5, 5.41) is 5.70. The molecule has 1 N–H and O–H groups in total. The first kappa shape index (κ1) is 13.1. The zero-order valence-electron chi connectivity index (χ0n) is 9.65. The van der Waals surface area contributed by atoms with E-state index in [1.165, 1.54) is 6.07 Å². The molecular weight excluding hydrogens is 263 g/mol. The number of aromatic nitrogens is 2. The van der Waals surface area contributed by atoms with Crippen molar-refractivity contribution in [3.63, 3.8) is 0 Å².